The molecule has 0 heterocycles. The zero-order valence-corrected chi connectivity index (χ0v) is 6.38. The van der Waals surface area contributed by atoms with Crippen LogP contribution in [0.1, 0.15) is 18.6 Å². The summed E-state index contributed by atoms with van der Waals surface area (Å²) in [5.41, 5.74) is -0.117. The van der Waals surface area contributed by atoms with E-state index in [9.17, 15) is 8.78 Å². The molecule has 0 aliphatic carbocycles. The summed E-state index contributed by atoms with van der Waals surface area (Å²) in [7, 11) is 0. The normalized spacial score (nSPS) is 13.0. The van der Waals surface area contributed by atoms with Gasteiger partial charge in [0, 0.05) is 11.6 Å². The van der Waals surface area contributed by atoms with E-state index in [1.807, 2.05) is 0 Å². The molecule has 2 nitrogen and oxygen atoms in total. The maximum atomic E-state index is 12.8. The summed E-state index contributed by atoms with van der Waals surface area (Å²) in [5, 5.41) is 17.8. The predicted molar refractivity (Wildman–Crippen MR) is 38.7 cm³/mol. The van der Waals surface area contributed by atoms with Crippen molar-refractivity contribution in [2.24, 2.45) is 0 Å². The van der Waals surface area contributed by atoms with Crippen molar-refractivity contribution in [2.45, 2.75) is 13.0 Å². The van der Waals surface area contributed by atoms with Crippen LogP contribution in [0.25, 0.3) is 0 Å². The Bertz CT molecular complexity index is 297. The summed E-state index contributed by atoms with van der Waals surface area (Å²) in [6.07, 6.45) is -1.06. The molecule has 1 aromatic rings. The van der Waals surface area contributed by atoms with E-state index < -0.39 is 23.5 Å². The molecule has 1 atom stereocenters. The van der Waals surface area contributed by atoms with E-state index in [1.54, 1.807) is 0 Å². The van der Waals surface area contributed by atoms with Gasteiger partial charge in [0.25, 0.3) is 0 Å². The first-order chi connectivity index (χ1) is 5.52. The molecule has 0 saturated carbocycles. The van der Waals surface area contributed by atoms with Gasteiger partial charge in [-0.3, -0.25) is 0 Å². The molecule has 0 amide bonds. The number of aliphatic hydroxyl groups is 1. The van der Waals surface area contributed by atoms with Crippen LogP contribution in [0.4, 0.5) is 8.78 Å². The van der Waals surface area contributed by atoms with Crippen molar-refractivity contribution >= 4 is 0 Å². The van der Waals surface area contributed by atoms with Crippen LogP contribution in [0.15, 0.2) is 12.1 Å². The maximum Gasteiger partial charge on any atom is 0.167 e. The topological polar surface area (TPSA) is 40.5 Å². The van der Waals surface area contributed by atoms with E-state index in [-0.39, 0.29) is 5.56 Å². The Morgan fingerprint density at radius 2 is 1.83 bits per heavy atom. The standard InChI is InChI=1S/C8H8F2O2/c1-4(11)5-2-8(12)7(10)3-6(5)9/h2-4,11-12H,1H3. The van der Waals surface area contributed by atoms with Crippen LogP contribution in [0.5, 0.6) is 5.75 Å². The van der Waals surface area contributed by atoms with Gasteiger partial charge in [0.1, 0.15) is 5.82 Å². The number of benzene rings is 1. The SMILES string of the molecule is CC(O)c1cc(O)c(F)cc1F. The number of halogens is 2. The average Bonchev–Trinajstić information content (AvgIpc) is 1.96. The highest BCUT2D eigenvalue weighted by atomic mass is 19.1. The molecule has 1 aromatic carbocycles. The molecule has 1 rings (SSSR count). The molecule has 4 heteroatoms. The van der Waals surface area contributed by atoms with Gasteiger partial charge >= 0.3 is 0 Å². The third-order valence-corrected chi connectivity index (χ3v) is 1.52. The average molecular weight is 174 g/mol. The molecule has 1 unspecified atom stereocenters. The van der Waals surface area contributed by atoms with E-state index >= 15 is 0 Å². The van der Waals surface area contributed by atoms with Gasteiger partial charge in [0.15, 0.2) is 11.6 Å². The highest BCUT2D eigenvalue weighted by Gasteiger charge is 2.12. The Hall–Kier alpha value is -1.16. The largest absolute Gasteiger partial charge is 0.505 e. The fraction of sp³-hybridized carbons (Fsp3) is 0.250. The minimum absolute atomic E-state index is 0.117. The van der Waals surface area contributed by atoms with E-state index in [0.29, 0.717) is 6.07 Å². The Kier molecular flexibility index (Phi) is 2.28. The second kappa shape index (κ2) is 3.06. The van der Waals surface area contributed by atoms with Crippen molar-refractivity contribution < 1.29 is 19.0 Å². The lowest BCUT2D eigenvalue weighted by atomic mass is 10.1. The number of phenolic OH excluding ortho intramolecular Hbond substituents is 1. The fourth-order valence-electron chi connectivity index (χ4n) is 0.874. The Balaban J connectivity index is 3.23. The second-order valence-electron chi connectivity index (χ2n) is 2.50. The van der Waals surface area contributed by atoms with Gasteiger partial charge in [-0.25, -0.2) is 8.78 Å². The van der Waals surface area contributed by atoms with E-state index in [1.165, 1.54) is 6.92 Å². The molecule has 0 bridgehead atoms. The van der Waals surface area contributed by atoms with Gasteiger partial charge in [-0.2, -0.15) is 0 Å². The smallest absolute Gasteiger partial charge is 0.167 e. The lowest BCUT2D eigenvalue weighted by molar-refractivity contribution is 0.193. The number of phenols is 1. The molecule has 0 radical (unpaired) electrons. The van der Waals surface area contributed by atoms with Crippen LogP contribution >= 0.6 is 0 Å². The van der Waals surface area contributed by atoms with Crippen LogP contribution in [0.3, 0.4) is 0 Å². The molecule has 0 aromatic heterocycles. The van der Waals surface area contributed by atoms with E-state index in [2.05, 4.69) is 0 Å². The van der Waals surface area contributed by atoms with Crippen LogP contribution in [0.2, 0.25) is 0 Å². The predicted octanol–water partition coefficient (Wildman–Crippen LogP) is 1.72. The minimum atomic E-state index is -1.06. The van der Waals surface area contributed by atoms with Gasteiger partial charge in [-0.1, -0.05) is 0 Å². The maximum absolute atomic E-state index is 12.8. The summed E-state index contributed by atoms with van der Waals surface area (Å²) >= 11 is 0. The number of hydrogen-bond acceptors (Lipinski definition) is 2. The molecule has 66 valence electrons. The molecule has 2 N–H and O–H groups in total. The number of aromatic hydroxyl groups is 1. The quantitative estimate of drug-likeness (QED) is 0.680. The lowest BCUT2D eigenvalue weighted by Gasteiger charge is -2.06. The molecule has 0 saturated heterocycles. The zero-order chi connectivity index (χ0) is 9.30. The lowest BCUT2D eigenvalue weighted by Crippen LogP contribution is -1.96. The number of aliphatic hydroxyl groups excluding tert-OH is 1. The van der Waals surface area contributed by atoms with Gasteiger partial charge < -0.3 is 10.2 Å². The minimum Gasteiger partial charge on any atom is -0.505 e. The summed E-state index contributed by atoms with van der Waals surface area (Å²) in [6, 6.07) is 1.41. The molecule has 12 heavy (non-hydrogen) atoms. The first-order valence-electron chi connectivity index (χ1n) is 3.38. The van der Waals surface area contributed by atoms with Crippen molar-refractivity contribution in [2.75, 3.05) is 0 Å². The highest BCUT2D eigenvalue weighted by Crippen LogP contribution is 2.24. The van der Waals surface area contributed by atoms with Crippen LogP contribution in [0, 0.1) is 11.6 Å². The highest BCUT2D eigenvalue weighted by molar-refractivity contribution is 5.31. The molecule has 0 aliphatic rings. The third kappa shape index (κ3) is 1.53. The molecular weight excluding hydrogens is 166 g/mol. The van der Waals surface area contributed by atoms with Crippen LogP contribution < -0.4 is 0 Å². The number of hydrogen-bond donors (Lipinski definition) is 2. The second-order valence-corrected chi connectivity index (χ2v) is 2.50. The Morgan fingerprint density at radius 1 is 1.25 bits per heavy atom. The first kappa shape index (κ1) is 8.93. The van der Waals surface area contributed by atoms with Crippen LogP contribution in [-0.4, -0.2) is 10.2 Å². The van der Waals surface area contributed by atoms with E-state index in [4.69, 9.17) is 10.2 Å². The van der Waals surface area contributed by atoms with Crippen LogP contribution in [-0.2, 0) is 0 Å². The summed E-state index contributed by atoms with van der Waals surface area (Å²) in [4.78, 5) is 0. The van der Waals surface area contributed by atoms with Gasteiger partial charge in [0.2, 0.25) is 0 Å². The van der Waals surface area contributed by atoms with Gasteiger partial charge in [0.05, 0.1) is 6.10 Å². The van der Waals surface area contributed by atoms with Gasteiger partial charge in [-0.15, -0.1) is 0 Å². The molecular formula is C8H8F2O2. The van der Waals surface area contributed by atoms with Crippen molar-refractivity contribution in [3.63, 3.8) is 0 Å². The third-order valence-electron chi connectivity index (χ3n) is 1.52. The van der Waals surface area contributed by atoms with Crippen molar-refractivity contribution in [3.05, 3.63) is 29.3 Å². The van der Waals surface area contributed by atoms with Crippen molar-refractivity contribution in [1.29, 1.82) is 0 Å². The first-order valence-corrected chi connectivity index (χ1v) is 3.38. The fourth-order valence-corrected chi connectivity index (χ4v) is 0.874. The monoisotopic (exact) mass is 174 g/mol. The zero-order valence-electron chi connectivity index (χ0n) is 6.38. The van der Waals surface area contributed by atoms with Gasteiger partial charge in [-0.05, 0) is 13.0 Å². The Labute approximate surface area is 68.1 Å². The Morgan fingerprint density at radius 3 is 2.33 bits per heavy atom. The van der Waals surface area contributed by atoms with Crippen molar-refractivity contribution in [1.82, 2.24) is 0 Å². The summed E-state index contributed by atoms with van der Waals surface area (Å²) in [6.45, 7) is 1.33. The number of rotatable bonds is 1. The summed E-state index contributed by atoms with van der Waals surface area (Å²) in [5.74, 6) is -2.55. The molecule has 0 fully saturated rings. The molecule has 0 aliphatic heterocycles. The molecule has 0 spiro atoms. The summed E-state index contributed by atoms with van der Waals surface area (Å²) < 4.78 is 25.2. The van der Waals surface area contributed by atoms with Crippen molar-refractivity contribution in [3.8, 4) is 5.75 Å². The van der Waals surface area contributed by atoms with E-state index in [0.717, 1.165) is 6.07 Å².